The minimum atomic E-state index is -0.138. The zero-order valence-electron chi connectivity index (χ0n) is 13.0. The Morgan fingerprint density at radius 1 is 1.25 bits per heavy atom. The highest BCUT2D eigenvalue weighted by Crippen LogP contribution is 2.13. The molecular weight excluding hydrogens is 342 g/mol. The van der Waals surface area contributed by atoms with Gasteiger partial charge in [0.25, 0.3) is 5.56 Å². The number of thiophene rings is 1. The van der Waals surface area contributed by atoms with Crippen LogP contribution in [-0.4, -0.2) is 22.0 Å². The van der Waals surface area contributed by atoms with Crippen molar-refractivity contribution >= 4 is 39.7 Å². The molecule has 0 atom stereocenters. The van der Waals surface area contributed by atoms with Crippen LogP contribution in [0.25, 0.3) is 10.2 Å². The Bertz CT molecular complexity index is 957. The third-order valence-corrected chi connectivity index (χ3v) is 4.96. The number of aromatic amines is 1. The van der Waals surface area contributed by atoms with Crippen molar-refractivity contribution in [2.24, 2.45) is 0 Å². The number of H-pyrrole nitrogens is 1. The molecule has 3 rings (SSSR count). The van der Waals surface area contributed by atoms with Crippen molar-refractivity contribution in [3.63, 3.8) is 0 Å². The third-order valence-electron chi connectivity index (χ3n) is 3.73. The maximum Gasteiger partial charge on any atom is 0.272 e. The number of carbonyl (C=O) groups is 1. The number of nitrogens with one attached hydrogen (secondary N) is 2. The molecule has 1 amide bonds. The van der Waals surface area contributed by atoms with E-state index in [0.29, 0.717) is 16.0 Å². The van der Waals surface area contributed by atoms with E-state index in [9.17, 15) is 9.59 Å². The van der Waals surface area contributed by atoms with E-state index in [2.05, 4.69) is 10.3 Å². The van der Waals surface area contributed by atoms with E-state index < -0.39 is 0 Å². The molecule has 0 bridgehead atoms. The summed E-state index contributed by atoms with van der Waals surface area (Å²) in [5.74, 6) is -0.0847. The highest BCUT2D eigenvalue weighted by atomic mass is 32.1. The number of rotatable bonds is 6. The van der Waals surface area contributed by atoms with Crippen LogP contribution < -0.4 is 10.9 Å². The van der Waals surface area contributed by atoms with Gasteiger partial charge in [0.1, 0.15) is 4.70 Å². The van der Waals surface area contributed by atoms with Crippen LogP contribution in [0.1, 0.15) is 12.0 Å². The summed E-state index contributed by atoms with van der Waals surface area (Å²) >= 11 is 6.59. The van der Waals surface area contributed by atoms with Crippen LogP contribution in [0.2, 0.25) is 0 Å². The molecule has 0 spiro atoms. The standard InChI is InChI=1S/C17H17N3O2S2/c21-14(18-9-6-12-4-2-1-3-5-12)7-10-20-16(22)15-13(8-11-24-15)19-17(20)23/h1-5,8,11H,6-7,9-10H2,(H,18,21)(H,19,23). The number of fused-ring (bicyclic) bond motifs is 1. The van der Waals surface area contributed by atoms with Gasteiger partial charge in [-0.2, -0.15) is 0 Å². The summed E-state index contributed by atoms with van der Waals surface area (Å²) < 4.78 is 2.43. The normalized spacial score (nSPS) is 10.8. The first-order valence-electron chi connectivity index (χ1n) is 7.66. The predicted molar refractivity (Wildman–Crippen MR) is 99.0 cm³/mol. The molecule has 0 saturated heterocycles. The van der Waals surface area contributed by atoms with Gasteiger partial charge in [-0.3, -0.25) is 14.2 Å². The van der Waals surface area contributed by atoms with Gasteiger partial charge in [-0.05, 0) is 35.6 Å². The Morgan fingerprint density at radius 2 is 2.04 bits per heavy atom. The van der Waals surface area contributed by atoms with E-state index in [4.69, 9.17) is 12.2 Å². The summed E-state index contributed by atoms with van der Waals surface area (Å²) in [7, 11) is 0. The van der Waals surface area contributed by atoms with Gasteiger partial charge >= 0.3 is 0 Å². The molecule has 3 aromatic rings. The van der Waals surface area contributed by atoms with E-state index >= 15 is 0 Å². The van der Waals surface area contributed by atoms with Crippen LogP contribution in [0.4, 0.5) is 0 Å². The SMILES string of the molecule is O=C(CCn1c(=S)[nH]c2ccsc2c1=O)NCCc1ccccc1. The third kappa shape index (κ3) is 3.80. The summed E-state index contributed by atoms with van der Waals surface area (Å²) in [6.07, 6.45) is 1.01. The quantitative estimate of drug-likeness (QED) is 0.665. The van der Waals surface area contributed by atoms with Crippen LogP contribution in [-0.2, 0) is 17.8 Å². The number of hydrogen-bond donors (Lipinski definition) is 2. The largest absolute Gasteiger partial charge is 0.356 e. The Kier molecular flexibility index (Phi) is 5.22. The molecule has 0 unspecified atom stereocenters. The Morgan fingerprint density at radius 3 is 2.83 bits per heavy atom. The van der Waals surface area contributed by atoms with Crippen LogP contribution in [0.5, 0.6) is 0 Å². The fraction of sp³-hybridized carbons (Fsp3) is 0.235. The molecular formula is C17H17N3O2S2. The lowest BCUT2D eigenvalue weighted by molar-refractivity contribution is -0.121. The van der Waals surface area contributed by atoms with Gasteiger partial charge in [-0.15, -0.1) is 11.3 Å². The molecule has 5 nitrogen and oxygen atoms in total. The average molecular weight is 359 g/mol. The number of benzene rings is 1. The number of nitrogens with zero attached hydrogens (tertiary/aromatic N) is 1. The Labute approximate surface area is 148 Å². The molecule has 7 heteroatoms. The van der Waals surface area contributed by atoms with Gasteiger partial charge < -0.3 is 10.3 Å². The van der Waals surface area contributed by atoms with Crippen molar-refractivity contribution in [2.75, 3.05) is 6.54 Å². The van der Waals surface area contributed by atoms with E-state index in [0.717, 1.165) is 11.9 Å². The summed E-state index contributed by atoms with van der Waals surface area (Å²) in [5.41, 5.74) is 1.79. The minimum Gasteiger partial charge on any atom is -0.356 e. The van der Waals surface area contributed by atoms with E-state index in [1.54, 1.807) is 0 Å². The molecule has 0 fully saturated rings. The molecule has 0 aliphatic heterocycles. The van der Waals surface area contributed by atoms with Crippen LogP contribution in [0.3, 0.4) is 0 Å². The van der Waals surface area contributed by atoms with Gasteiger partial charge in [0.05, 0.1) is 5.52 Å². The van der Waals surface area contributed by atoms with Crippen LogP contribution in [0.15, 0.2) is 46.6 Å². The molecule has 1 aromatic carbocycles. The molecule has 2 N–H and O–H groups in total. The predicted octanol–water partition coefficient (Wildman–Crippen LogP) is 2.87. The lowest BCUT2D eigenvalue weighted by atomic mass is 10.1. The van der Waals surface area contributed by atoms with Crippen molar-refractivity contribution in [2.45, 2.75) is 19.4 Å². The smallest absolute Gasteiger partial charge is 0.272 e. The fourth-order valence-corrected chi connectivity index (χ4v) is 3.55. The summed E-state index contributed by atoms with van der Waals surface area (Å²) in [6, 6.07) is 11.8. The number of hydrogen-bond acceptors (Lipinski definition) is 4. The maximum absolute atomic E-state index is 12.4. The second-order valence-corrected chi connectivity index (χ2v) is 6.69. The topological polar surface area (TPSA) is 66.9 Å². The van der Waals surface area contributed by atoms with Crippen molar-refractivity contribution in [3.05, 3.63) is 62.5 Å². The lowest BCUT2D eigenvalue weighted by Crippen LogP contribution is -2.29. The van der Waals surface area contributed by atoms with Crippen LogP contribution in [0, 0.1) is 4.77 Å². The molecule has 124 valence electrons. The Balaban J connectivity index is 1.57. The highest BCUT2D eigenvalue weighted by molar-refractivity contribution is 7.71. The zero-order chi connectivity index (χ0) is 16.9. The first kappa shape index (κ1) is 16.6. The number of carbonyl (C=O) groups excluding carboxylic acids is 1. The monoisotopic (exact) mass is 359 g/mol. The van der Waals surface area contributed by atoms with Crippen molar-refractivity contribution in [1.82, 2.24) is 14.9 Å². The molecule has 24 heavy (non-hydrogen) atoms. The fourth-order valence-electron chi connectivity index (χ4n) is 2.47. The van der Waals surface area contributed by atoms with Gasteiger partial charge in [0.2, 0.25) is 5.91 Å². The second-order valence-electron chi connectivity index (χ2n) is 5.39. The summed E-state index contributed by atoms with van der Waals surface area (Å²) in [5, 5.41) is 4.72. The van der Waals surface area contributed by atoms with Crippen molar-refractivity contribution in [3.8, 4) is 0 Å². The van der Waals surface area contributed by atoms with Gasteiger partial charge in [0.15, 0.2) is 4.77 Å². The van der Waals surface area contributed by atoms with E-state index in [1.807, 2.05) is 41.8 Å². The number of aromatic nitrogens is 2. The highest BCUT2D eigenvalue weighted by Gasteiger charge is 2.08. The summed E-state index contributed by atoms with van der Waals surface area (Å²) in [4.78, 5) is 27.4. The molecule has 0 saturated carbocycles. The lowest BCUT2D eigenvalue weighted by Gasteiger charge is -2.08. The molecule has 2 heterocycles. The molecule has 2 aromatic heterocycles. The zero-order valence-corrected chi connectivity index (χ0v) is 14.6. The maximum atomic E-state index is 12.4. The van der Waals surface area contributed by atoms with Crippen molar-refractivity contribution in [1.29, 1.82) is 0 Å². The number of amides is 1. The van der Waals surface area contributed by atoms with Crippen molar-refractivity contribution < 1.29 is 4.79 Å². The summed E-state index contributed by atoms with van der Waals surface area (Å²) in [6.45, 7) is 0.855. The van der Waals surface area contributed by atoms with E-state index in [1.165, 1.54) is 21.5 Å². The molecule has 0 aliphatic carbocycles. The minimum absolute atomic E-state index is 0.0847. The van der Waals surface area contributed by atoms with Gasteiger partial charge in [-0.1, -0.05) is 30.3 Å². The molecule has 0 aliphatic rings. The van der Waals surface area contributed by atoms with Gasteiger partial charge in [-0.25, -0.2) is 0 Å². The second kappa shape index (κ2) is 7.55. The first-order valence-corrected chi connectivity index (χ1v) is 8.95. The Hall–Kier alpha value is -2.25. The van der Waals surface area contributed by atoms with Gasteiger partial charge in [0, 0.05) is 19.5 Å². The molecule has 0 radical (unpaired) electrons. The van der Waals surface area contributed by atoms with E-state index in [-0.39, 0.29) is 24.4 Å². The first-order chi connectivity index (χ1) is 11.6. The van der Waals surface area contributed by atoms with Crippen LogP contribution >= 0.6 is 23.6 Å². The average Bonchev–Trinajstić information content (AvgIpc) is 3.04.